The van der Waals surface area contributed by atoms with E-state index in [1.54, 1.807) is 11.1 Å². The summed E-state index contributed by atoms with van der Waals surface area (Å²) in [7, 11) is 4.03. The fourth-order valence-electron chi connectivity index (χ4n) is 3.64. The first kappa shape index (κ1) is 17.6. The number of amides is 1. The fourth-order valence-corrected chi connectivity index (χ4v) is 3.64. The number of carbonyl (C=O) groups is 1. The van der Waals surface area contributed by atoms with E-state index in [0.717, 1.165) is 18.5 Å². The number of piperidine rings is 1. The molecule has 1 aromatic heterocycles. The summed E-state index contributed by atoms with van der Waals surface area (Å²) < 4.78 is 0. The molecule has 132 valence electrons. The second-order valence-electron chi connectivity index (χ2n) is 7.20. The second kappa shape index (κ2) is 8.26. The molecular formula is C21H27N3O. The van der Waals surface area contributed by atoms with Crippen LogP contribution in [0.2, 0.25) is 0 Å². The van der Waals surface area contributed by atoms with E-state index in [9.17, 15) is 4.79 Å². The van der Waals surface area contributed by atoms with Gasteiger partial charge in [-0.05, 0) is 56.0 Å². The summed E-state index contributed by atoms with van der Waals surface area (Å²) in [5.41, 5.74) is 2.98. The Hall–Kier alpha value is -2.20. The van der Waals surface area contributed by atoms with E-state index >= 15 is 0 Å². The van der Waals surface area contributed by atoms with Gasteiger partial charge in [0, 0.05) is 32.5 Å². The Morgan fingerprint density at radius 3 is 2.80 bits per heavy atom. The van der Waals surface area contributed by atoms with Gasteiger partial charge in [-0.3, -0.25) is 9.78 Å². The molecular weight excluding hydrogens is 310 g/mol. The highest BCUT2D eigenvalue weighted by Gasteiger charge is 2.19. The van der Waals surface area contributed by atoms with Crippen LogP contribution in [0, 0.1) is 5.92 Å². The lowest BCUT2D eigenvalue weighted by atomic mass is 9.92. The molecule has 1 atom stereocenters. The lowest BCUT2D eigenvalue weighted by Gasteiger charge is -2.29. The molecule has 1 saturated heterocycles. The zero-order valence-electron chi connectivity index (χ0n) is 15.2. The van der Waals surface area contributed by atoms with E-state index in [4.69, 9.17) is 0 Å². The highest BCUT2D eigenvalue weighted by Crippen LogP contribution is 2.20. The molecule has 3 rings (SSSR count). The van der Waals surface area contributed by atoms with E-state index in [2.05, 4.69) is 16.9 Å². The van der Waals surface area contributed by atoms with Gasteiger partial charge in [0.1, 0.15) is 0 Å². The summed E-state index contributed by atoms with van der Waals surface area (Å²) in [6.45, 7) is 2.93. The highest BCUT2D eigenvalue weighted by atomic mass is 16.2. The van der Waals surface area contributed by atoms with Crippen molar-refractivity contribution in [2.75, 3.05) is 27.2 Å². The van der Waals surface area contributed by atoms with Gasteiger partial charge in [-0.25, -0.2) is 0 Å². The molecule has 25 heavy (non-hydrogen) atoms. The van der Waals surface area contributed by atoms with Crippen LogP contribution in [0.15, 0.2) is 48.8 Å². The van der Waals surface area contributed by atoms with Crippen molar-refractivity contribution in [3.8, 4) is 0 Å². The molecule has 0 unspecified atom stereocenters. The zero-order chi connectivity index (χ0) is 17.6. The molecule has 1 aromatic carbocycles. The number of carbonyl (C=O) groups excluding carboxylic acids is 1. The first-order chi connectivity index (χ1) is 12.1. The lowest BCUT2D eigenvalue weighted by molar-refractivity contribution is 0.0784. The number of likely N-dealkylation sites (tertiary alicyclic amines) is 1. The van der Waals surface area contributed by atoms with Gasteiger partial charge in [0.05, 0.1) is 5.56 Å². The van der Waals surface area contributed by atoms with Crippen molar-refractivity contribution in [1.29, 1.82) is 0 Å². The number of hydrogen-bond donors (Lipinski definition) is 0. The standard InChI is InChI=1S/C21H27N3O/c1-23-10-6-9-18(15-23)11-19-12-20(14-22-13-19)21(25)24(2)16-17-7-4-3-5-8-17/h3-5,7-8,12-14,18H,6,9-11,15-16H2,1-2H3/t18-/m1/s1. The van der Waals surface area contributed by atoms with Crippen LogP contribution in [0.1, 0.15) is 34.3 Å². The Balaban J connectivity index is 1.64. The third-order valence-electron chi connectivity index (χ3n) is 4.90. The molecule has 0 radical (unpaired) electrons. The van der Waals surface area contributed by atoms with E-state index in [-0.39, 0.29) is 5.91 Å². The molecule has 0 saturated carbocycles. The van der Waals surface area contributed by atoms with Crippen molar-refractivity contribution in [3.05, 3.63) is 65.5 Å². The number of pyridine rings is 1. The number of hydrogen-bond acceptors (Lipinski definition) is 3. The Bertz CT molecular complexity index is 701. The van der Waals surface area contributed by atoms with Crippen LogP contribution < -0.4 is 0 Å². The molecule has 1 aliphatic heterocycles. The largest absolute Gasteiger partial charge is 0.337 e. The van der Waals surface area contributed by atoms with Crippen molar-refractivity contribution in [1.82, 2.24) is 14.8 Å². The minimum absolute atomic E-state index is 0.0268. The van der Waals surface area contributed by atoms with Gasteiger partial charge < -0.3 is 9.80 Å². The normalized spacial score (nSPS) is 18.1. The van der Waals surface area contributed by atoms with Crippen LogP contribution in [0.4, 0.5) is 0 Å². The number of benzene rings is 1. The highest BCUT2D eigenvalue weighted by molar-refractivity contribution is 5.93. The molecule has 2 aromatic rings. The molecule has 2 heterocycles. The van der Waals surface area contributed by atoms with E-state index in [1.165, 1.54) is 24.9 Å². The van der Waals surface area contributed by atoms with Crippen molar-refractivity contribution in [3.63, 3.8) is 0 Å². The Labute approximate surface area is 150 Å². The monoisotopic (exact) mass is 337 g/mol. The van der Waals surface area contributed by atoms with Crippen molar-refractivity contribution in [2.24, 2.45) is 5.92 Å². The predicted octanol–water partition coefficient (Wildman–Crippen LogP) is 3.24. The molecule has 4 nitrogen and oxygen atoms in total. The SMILES string of the molecule is CN1CCC[C@H](Cc2cncc(C(=O)N(C)Cc3ccccc3)c2)C1. The first-order valence-electron chi connectivity index (χ1n) is 9.03. The summed E-state index contributed by atoms with van der Waals surface area (Å²) in [6.07, 6.45) is 7.10. The van der Waals surface area contributed by atoms with Crippen molar-refractivity contribution in [2.45, 2.75) is 25.8 Å². The minimum atomic E-state index is 0.0268. The zero-order valence-corrected chi connectivity index (χ0v) is 15.2. The maximum atomic E-state index is 12.7. The Kier molecular flexibility index (Phi) is 5.82. The van der Waals surface area contributed by atoms with Gasteiger partial charge in [0.25, 0.3) is 5.91 Å². The van der Waals surface area contributed by atoms with Gasteiger partial charge in [0.2, 0.25) is 0 Å². The van der Waals surface area contributed by atoms with E-state index < -0.39 is 0 Å². The first-order valence-corrected chi connectivity index (χ1v) is 9.03. The summed E-state index contributed by atoms with van der Waals surface area (Å²) in [4.78, 5) is 21.2. The average molecular weight is 337 g/mol. The van der Waals surface area contributed by atoms with Gasteiger partial charge in [-0.1, -0.05) is 30.3 Å². The average Bonchev–Trinajstić information content (AvgIpc) is 2.62. The van der Waals surface area contributed by atoms with Gasteiger partial charge in [-0.2, -0.15) is 0 Å². The summed E-state index contributed by atoms with van der Waals surface area (Å²) in [5.74, 6) is 0.687. The second-order valence-corrected chi connectivity index (χ2v) is 7.20. The fraction of sp³-hybridized carbons (Fsp3) is 0.429. The van der Waals surface area contributed by atoms with Crippen LogP contribution in [0.5, 0.6) is 0 Å². The maximum Gasteiger partial charge on any atom is 0.255 e. The quantitative estimate of drug-likeness (QED) is 0.840. The van der Waals surface area contributed by atoms with Crippen LogP contribution in [-0.4, -0.2) is 47.9 Å². The minimum Gasteiger partial charge on any atom is -0.337 e. The lowest BCUT2D eigenvalue weighted by Crippen LogP contribution is -2.33. The van der Waals surface area contributed by atoms with Crippen LogP contribution in [-0.2, 0) is 13.0 Å². The molecule has 1 amide bonds. The van der Waals surface area contributed by atoms with Crippen molar-refractivity contribution < 1.29 is 4.79 Å². The van der Waals surface area contributed by atoms with E-state index in [1.807, 2.05) is 49.6 Å². The van der Waals surface area contributed by atoms with Crippen LogP contribution in [0.25, 0.3) is 0 Å². The Morgan fingerprint density at radius 1 is 1.24 bits per heavy atom. The van der Waals surface area contributed by atoms with Gasteiger partial charge >= 0.3 is 0 Å². The summed E-state index contributed by atoms with van der Waals surface area (Å²) in [6, 6.07) is 12.1. The maximum absolute atomic E-state index is 12.7. The topological polar surface area (TPSA) is 36.4 Å². The van der Waals surface area contributed by atoms with Crippen LogP contribution >= 0.6 is 0 Å². The van der Waals surface area contributed by atoms with Gasteiger partial charge in [0.15, 0.2) is 0 Å². The molecule has 0 N–H and O–H groups in total. The molecule has 0 aliphatic carbocycles. The molecule has 0 spiro atoms. The third-order valence-corrected chi connectivity index (χ3v) is 4.90. The summed E-state index contributed by atoms with van der Waals surface area (Å²) in [5, 5.41) is 0. The number of nitrogens with zero attached hydrogens (tertiary/aromatic N) is 3. The molecule has 0 bridgehead atoms. The van der Waals surface area contributed by atoms with Crippen molar-refractivity contribution >= 4 is 5.91 Å². The number of rotatable bonds is 5. The van der Waals surface area contributed by atoms with E-state index in [0.29, 0.717) is 18.0 Å². The molecule has 4 heteroatoms. The molecule has 1 fully saturated rings. The third kappa shape index (κ3) is 4.89. The summed E-state index contributed by atoms with van der Waals surface area (Å²) >= 11 is 0. The predicted molar refractivity (Wildman–Crippen MR) is 100 cm³/mol. The Morgan fingerprint density at radius 2 is 2.04 bits per heavy atom. The van der Waals surface area contributed by atoms with Gasteiger partial charge in [-0.15, -0.1) is 0 Å². The molecule has 1 aliphatic rings. The number of aromatic nitrogens is 1. The smallest absolute Gasteiger partial charge is 0.255 e. The van der Waals surface area contributed by atoms with Crippen LogP contribution in [0.3, 0.4) is 0 Å².